The van der Waals surface area contributed by atoms with E-state index in [1.54, 1.807) is 4.90 Å². The second-order valence-electron chi connectivity index (χ2n) is 8.20. The summed E-state index contributed by atoms with van der Waals surface area (Å²) in [7, 11) is 0. The molecule has 1 aliphatic heterocycles. The minimum absolute atomic E-state index is 0.190. The van der Waals surface area contributed by atoms with E-state index in [1.165, 1.54) is 12.8 Å². The molecule has 0 unspecified atom stereocenters. The third-order valence-corrected chi connectivity index (χ3v) is 3.52. The van der Waals surface area contributed by atoms with Gasteiger partial charge in [-0.05, 0) is 45.4 Å². The van der Waals surface area contributed by atoms with E-state index in [4.69, 9.17) is 4.74 Å². The van der Waals surface area contributed by atoms with Crippen LogP contribution >= 0.6 is 0 Å². The molecule has 1 aliphatic rings. The predicted molar refractivity (Wildman–Crippen MR) is 87.4 cm³/mol. The van der Waals surface area contributed by atoms with Gasteiger partial charge in [0, 0.05) is 25.2 Å². The van der Waals surface area contributed by atoms with Crippen molar-refractivity contribution in [2.24, 2.45) is 11.8 Å². The Morgan fingerprint density at radius 1 is 1.14 bits per heavy atom. The highest BCUT2D eigenvalue weighted by Gasteiger charge is 2.34. The summed E-state index contributed by atoms with van der Waals surface area (Å²) in [6, 6.07) is 0.968. The van der Waals surface area contributed by atoms with Crippen LogP contribution in [0.15, 0.2) is 0 Å². The van der Waals surface area contributed by atoms with Crippen LogP contribution in [-0.4, -0.2) is 41.8 Å². The average Bonchev–Trinajstić information content (AvgIpc) is 2.17. The molecule has 0 aliphatic carbocycles. The molecule has 1 N–H and O–H groups in total. The maximum atomic E-state index is 11.9. The van der Waals surface area contributed by atoms with Crippen LogP contribution in [0.25, 0.3) is 0 Å². The first-order valence-corrected chi connectivity index (χ1v) is 8.30. The first-order valence-electron chi connectivity index (χ1n) is 8.30. The highest BCUT2D eigenvalue weighted by atomic mass is 16.6. The van der Waals surface area contributed by atoms with E-state index in [0.717, 1.165) is 13.1 Å². The Hall–Kier alpha value is -0.770. The number of amides is 1. The standard InChI is InChI=1S/C17H34N2O2/c1-12(2)8-14(9-13(3)4)18-15-10-19(11-15)16(20)21-17(5,6)7/h12-15,18H,8-11H2,1-7H3. The SMILES string of the molecule is CC(C)CC(CC(C)C)NC1CN(C(=O)OC(C)(C)C)C1. The molecule has 4 heteroatoms. The molecular weight excluding hydrogens is 264 g/mol. The molecular formula is C17H34N2O2. The van der Waals surface area contributed by atoms with Crippen molar-refractivity contribution in [3.8, 4) is 0 Å². The summed E-state index contributed by atoms with van der Waals surface area (Å²) in [5.41, 5.74) is -0.409. The number of hydrogen-bond donors (Lipinski definition) is 1. The zero-order valence-corrected chi connectivity index (χ0v) is 14.9. The number of hydrogen-bond acceptors (Lipinski definition) is 3. The molecule has 0 aromatic heterocycles. The van der Waals surface area contributed by atoms with Crippen molar-refractivity contribution in [3.63, 3.8) is 0 Å². The van der Waals surface area contributed by atoms with Crippen molar-refractivity contribution in [2.75, 3.05) is 13.1 Å². The molecule has 0 spiro atoms. The van der Waals surface area contributed by atoms with Gasteiger partial charge in [0.05, 0.1) is 0 Å². The summed E-state index contributed by atoms with van der Waals surface area (Å²) in [6.07, 6.45) is 2.20. The highest BCUT2D eigenvalue weighted by Crippen LogP contribution is 2.19. The van der Waals surface area contributed by atoms with Crippen LogP contribution in [0, 0.1) is 11.8 Å². The lowest BCUT2D eigenvalue weighted by Gasteiger charge is -2.42. The van der Waals surface area contributed by atoms with Gasteiger partial charge in [-0.2, -0.15) is 0 Å². The Bertz CT molecular complexity index is 318. The summed E-state index contributed by atoms with van der Waals surface area (Å²) in [6.45, 7) is 16.3. The molecule has 0 bridgehead atoms. The Kier molecular flexibility index (Phi) is 6.51. The topological polar surface area (TPSA) is 41.6 Å². The lowest BCUT2D eigenvalue weighted by atomic mass is 9.94. The lowest BCUT2D eigenvalue weighted by molar-refractivity contribution is 0.00357. The number of carbonyl (C=O) groups is 1. The van der Waals surface area contributed by atoms with Gasteiger partial charge in [0.15, 0.2) is 0 Å². The van der Waals surface area contributed by atoms with Crippen molar-refractivity contribution in [1.82, 2.24) is 10.2 Å². The van der Waals surface area contributed by atoms with Crippen LogP contribution in [0.2, 0.25) is 0 Å². The van der Waals surface area contributed by atoms with Crippen LogP contribution in [0.5, 0.6) is 0 Å². The van der Waals surface area contributed by atoms with E-state index in [-0.39, 0.29) is 6.09 Å². The number of nitrogens with zero attached hydrogens (tertiary/aromatic N) is 1. The largest absolute Gasteiger partial charge is 0.444 e. The second kappa shape index (κ2) is 7.48. The van der Waals surface area contributed by atoms with E-state index in [9.17, 15) is 4.79 Å². The van der Waals surface area contributed by atoms with Gasteiger partial charge in [0.25, 0.3) is 0 Å². The van der Waals surface area contributed by atoms with Crippen LogP contribution in [0.3, 0.4) is 0 Å². The van der Waals surface area contributed by atoms with Gasteiger partial charge in [0.2, 0.25) is 0 Å². The third-order valence-electron chi connectivity index (χ3n) is 3.52. The number of likely N-dealkylation sites (tertiary alicyclic amines) is 1. The van der Waals surface area contributed by atoms with Gasteiger partial charge < -0.3 is 15.0 Å². The van der Waals surface area contributed by atoms with Crippen LogP contribution in [-0.2, 0) is 4.74 Å². The Balaban J connectivity index is 2.36. The molecule has 4 nitrogen and oxygen atoms in total. The lowest BCUT2D eigenvalue weighted by Crippen LogP contribution is -2.62. The predicted octanol–water partition coefficient (Wildman–Crippen LogP) is 3.66. The highest BCUT2D eigenvalue weighted by molar-refractivity contribution is 5.69. The van der Waals surface area contributed by atoms with Gasteiger partial charge >= 0.3 is 6.09 Å². The number of ether oxygens (including phenoxy) is 1. The molecule has 0 aromatic rings. The summed E-state index contributed by atoms with van der Waals surface area (Å²) in [5.74, 6) is 1.39. The smallest absolute Gasteiger partial charge is 0.410 e. The average molecular weight is 298 g/mol. The zero-order chi connectivity index (χ0) is 16.2. The first kappa shape index (κ1) is 18.3. The Morgan fingerprint density at radius 3 is 2.00 bits per heavy atom. The first-order chi connectivity index (χ1) is 9.56. The molecule has 0 radical (unpaired) electrons. The van der Waals surface area contributed by atoms with Gasteiger partial charge in [-0.25, -0.2) is 4.79 Å². The van der Waals surface area contributed by atoms with Gasteiger partial charge in [-0.15, -0.1) is 0 Å². The molecule has 0 aromatic carbocycles. The van der Waals surface area contributed by atoms with Crippen LogP contribution < -0.4 is 5.32 Å². The van der Waals surface area contributed by atoms with Crippen molar-refractivity contribution >= 4 is 6.09 Å². The number of carbonyl (C=O) groups excluding carboxylic acids is 1. The Labute approximate surface area is 130 Å². The fourth-order valence-corrected chi connectivity index (χ4v) is 2.76. The monoisotopic (exact) mass is 298 g/mol. The Morgan fingerprint density at radius 2 is 1.62 bits per heavy atom. The van der Waals surface area contributed by atoms with E-state index in [2.05, 4.69) is 33.0 Å². The maximum absolute atomic E-state index is 11.9. The second-order valence-corrected chi connectivity index (χ2v) is 8.20. The zero-order valence-electron chi connectivity index (χ0n) is 14.9. The van der Waals surface area contributed by atoms with Gasteiger partial charge in [-0.3, -0.25) is 0 Å². The van der Waals surface area contributed by atoms with Crippen molar-refractivity contribution in [2.45, 2.75) is 79.0 Å². The quantitative estimate of drug-likeness (QED) is 0.813. The van der Waals surface area contributed by atoms with Crippen molar-refractivity contribution in [3.05, 3.63) is 0 Å². The molecule has 0 atom stereocenters. The fourth-order valence-electron chi connectivity index (χ4n) is 2.76. The molecule has 21 heavy (non-hydrogen) atoms. The minimum atomic E-state index is -0.409. The molecule has 1 heterocycles. The van der Waals surface area contributed by atoms with E-state index >= 15 is 0 Å². The molecule has 1 amide bonds. The van der Waals surface area contributed by atoms with E-state index in [1.807, 2.05) is 20.8 Å². The summed E-state index contributed by atoms with van der Waals surface area (Å²) in [5, 5.41) is 3.71. The van der Waals surface area contributed by atoms with Crippen molar-refractivity contribution in [1.29, 1.82) is 0 Å². The van der Waals surface area contributed by atoms with Crippen LogP contribution in [0.4, 0.5) is 4.79 Å². The van der Waals surface area contributed by atoms with Crippen molar-refractivity contribution < 1.29 is 9.53 Å². The molecule has 1 saturated heterocycles. The van der Waals surface area contributed by atoms with Gasteiger partial charge in [0.1, 0.15) is 5.60 Å². The third kappa shape index (κ3) is 7.16. The maximum Gasteiger partial charge on any atom is 0.410 e. The normalized spacial score (nSPS) is 16.8. The van der Waals surface area contributed by atoms with Crippen LogP contribution in [0.1, 0.15) is 61.3 Å². The molecule has 1 fully saturated rings. The number of nitrogens with one attached hydrogen (secondary N) is 1. The summed E-state index contributed by atoms with van der Waals surface area (Å²) < 4.78 is 5.38. The summed E-state index contributed by atoms with van der Waals surface area (Å²) in [4.78, 5) is 13.7. The van der Waals surface area contributed by atoms with E-state index in [0.29, 0.717) is 23.9 Å². The van der Waals surface area contributed by atoms with E-state index < -0.39 is 5.60 Å². The van der Waals surface area contributed by atoms with Gasteiger partial charge in [-0.1, -0.05) is 27.7 Å². The fraction of sp³-hybridized carbons (Fsp3) is 0.941. The summed E-state index contributed by atoms with van der Waals surface area (Å²) >= 11 is 0. The molecule has 1 rings (SSSR count). The molecule has 124 valence electrons. The molecule has 0 saturated carbocycles. The number of rotatable bonds is 6. The minimum Gasteiger partial charge on any atom is -0.444 e.